The summed E-state index contributed by atoms with van der Waals surface area (Å²) in [6.07, 6.45) is 0.0368. The normalized spacial score (nSPS) is 16.2. The Bertz CT molecular complexity index is 527. The van der Waals surface area contributed by atoms with E-state index in [0.717, 1.165) is 0 Å². The second kappa shape index (κ2) is 5.79. The monoisotopic (exact) mass is 280 g/mol. The minimum Gasteiger partial charge on any atom is -0.504 e. The summed E-state index contributed by atoms with van der Waals surface area (Å²) in [5.41, 5.74) is 0.514. The third kappa shape index (κ3) is 3.18. The van der Waals surface area contributed by atoms with E-state index in [-0.39, 0.29) is 29.7 Å². The molecule has 0 radical (unpaired) electrons. The average Bonchev–Trinajstić information content (AvgIpc) is 2.30. The second-order valence-electron chi connectivity index (χ2n) is 4.78. The molecule has 2 rings (SSSR count). The Balaban J connectivity index is 2.02. The molecule has 7 heteroatoms. The molecule has 1 aliphatic rings. The summed E-state index contributed by atoms with van der Waals surface area (Å²) in [6.45, 7) is 1.11. The van der Waals surface area contributed by atoms with Crippen molar-refractivity contribution in [2.75, 3.05) is 13.1 Å². The fourth-order valence-corrected chi connectivity index (χ4v) is 1.90. The molecule has 1 fully saturated rings. The number of aromatic hydroxyl groups is 2. The third-order valence-electron chi connectivity index (χ3n) is 3.25. The van der Waals surface area contributed by atoms with Gasteiger partial charge in [-0.3, -0.25) is 4.79 Å². The first kappa shape index (κ1) is 14.1. The molecule has 1 aromatic carbocycles. The summed E-state index contributed by atoms with van der Waals surface area (Å²) in [4.78, 5) is 22.9. The van der Waals surface area contributed by atoms with Crippen LogP contribution in [0.3, 0.4) is 0 Å². The van der Waals surface area contributed by atoms with Gasteiger partial charge in [0.25, 0.3) is 0 Å². The van der Waals surface area contributed by atoms with E-state index < -0.39 is 12.0 Å². The van der Waals surface area contributed by atoms with Crippen molar-refractivity contribution in [2.24, 2.45) is 5.92 Å². The summed E-state index contributed by atoms with van der Waals surface area (Å²) >= 11 is 0. The first-order valence-corrected chi connectivity index (χ1v) is 6.22. The highest BCUT2D eigenvalue weighted by Crippen LogP contribution is 2.25. The fraction of sp³-hybridized carbons (Fsp3) is 0.385. The van der Waals surface area contributed by atoms with Gasteiger partial charge in [-0.05, 0) is 17.7 Å². The van der Waals surface area contributed by atoms with Gasteiger partial charge in [0, 0.05) is 19.5 Å². The smallest absolute Gasteiger partial charge is 0.326 e. The molecule has 1 saturated heterocycles. The number of nitrogens with one attached hydrogen (secondary N) is 2. The van der Waals surface area contributed by atoms with Crippen molar-refractivity contribution in [3.05, 3.63) is 23.8 Å². The highest BCUT2D eigenvalue weighted by atomic mass is 16.4. The lowest BCUT2D eigenvalue weighted by atomic mass is 10.0. The van der Waals surface area contributed by atoms with Gasteiger partial charge in [0.1, 0.15) is 6.04 Å². The van der Waals surface area contributed by atoms with Crippen LogP contribution < -0.4 is 10.6 Å². The highest BCUT2D eigenvalue weighted by molar-refractivity contribution is 5.86. The van der Waals surface area contributed by atoms with Crippen LogP contribution in [0.1, 0.15) is 5.56 Å². The maximum absolute atomic E-state index is 11.7. The molecule has 0 saturated carbocycles. The van der Waals surface area contributed by atoms with E-state index in [1.807, 2.05) is 0 Å². The number of carbonyl (C=O) groups excluding carboxylic acids is 1. The van der Waals surface area contributed by atoms with Crippen LogP contribution in [0.2, 0.25) is 0 Å². The number of carbonyl (C=O) groups is 2. The molecule has 7 nitrogen and oxygen atoms in total. The zero-order valence-electron chi connectivity index (χ0n) is 10.7. The third-order valence-corrected chi connectivity index (χ3v) is 3.25. The molecule has 1 atom stereocenters. The molecule has 1 aromatic rings. The summed E-state index contributed by atoms with van der Waals surface area (Å²) in [6, 6.07) is 3.00. The van der Waals surface area contributed by atoms with Gasteiger partial charge in [-0.1, -0.05) is 6.07 Å². The lowest BCUT2D eigenvalue weighted by molar-refractivity contribution is -0.142. The number of hydrogen-bond acceptors (Lipinski definition) is 5. The number of aliphatic carboxylic acids is 1. The summed E-state index contributed by atoms with van der Waals surface area (Å²) in [5.74, 6) is -2.21. The standard InChI is InChI=1S/C13H16N2O5/c16-10-2-1-7(4-11(10)17)3-9(13(19)20)15-12(18)8-5-14-6-8/h1-2,4,8-9,14,16-17H,3,5-6H2,(H,15,18)(H,19,20)/t9-/m0/s1. The molecule has 5 N–H and O–H groups in total. The fourth-order valence-electron chi connectivity index (χ4n) is 1.90. The Morgan fingerprint density at radius 3 is 2.50 bits per heavy atom. The molecule has 0 aliphatic carbocycles. The molecular weight excluding hydrogens is 264 g/mol. The lowest BCUT2D eigenvalue weighted by Gasteiger charge is -2.27. The minimum absolute atomic E-state index is 0.0368. The van der Waals surface area contributed by atoms with Crippen molar-refractivity contribution in [2.45, 2.75) is 12.5 Å². The summed E-state index contributed by atoms with van der Waals surface area (Å²) in [7, 11) is 0. The van der Waals surface area contributed by atoms with Gasteiger partial charge in [0.05, 0.1) is 5.92 Å². The van der Waals surface area contributed by atoms with Crippen LogP contribution in [0.25, 0.3) is 0 Å². The van der Waals surface area contributed by atoms with Gasteiger partial charge >= 0.3 is 5.97 Å². The zero-order valence-corrected chi connectivity index (χ0v) is 10.7. The number of rotatable bonds is 5. The maximum atomic E-state index is 11.7. The number of carboxylic acid groups (broad SMARTS) is 1. The quantitative estimate of drug-likeness (QED) is 0.461. The van der Waals surface area contributed by atoms with Gasteiger partial charge < -0.3 is 26.0 Å². The average molecular weight is 280 g/mol. The van der Waals surface area contributed by atoms with Crippen molar-refractivity contribution < 1.29 is 24.9 Å². The Kier molecular flexibility index (Phi) is 4.09. The molecule has 1 aliphatic heterocycles. The molecule has 0 spiro atoms. The van der Waals surface area contributed by atoms with Crippen molar-refractivity contribution in [1.29, 1.82) is 0 Å². The SMILES string of the molecule is O=C(N[C@@H](Cc1ccc(O)c(O)c1)C(=O)O)C1CNC1. The number of carboxylic acids is 1. The van der Waals surface area contributed by atoms with Crippen LogP contribution in [0.4, 0.5) is 0 Å². The minimum atomic E-state index is -1.14. The van der Waals surface area contributed by atoms with Crippen LogP contribution in [-0.4, -0.2) is 46.3 Å². The van der Waals surface area contributed by atoms with Crippen molar-refractivity contribution in [3.63, 3.8) is 0 Å². The van der Waals surface area contributed by atoms with Gasteiger partial charge in [-0.15, -0.1) is 0 Å². The Morgan fingerprint density at radius 2 is 2.00 bits per heavy atom. The molecular formula is C13H16N2O5. The highest BCUT2D eigenvalue weighted by Gasteiger charge is 2.29. The maximum Gasteiger partial charge on any atom is 0.326 e. The number of benzene rings is 1. The first-order chi connectivity index (χ1) is 9.47. The Labute approximate surface area is 115 Å². The number of hydrogen-bond donors (Lipinski definition) is 5. The molecule has 108 valence electrons. The number of phenolic OH excluding ortho intramolecular Hbond substituents is 2. The largest absolute Gasteiger partial charge is 0.504 e. The number of amides is 1. The van der Waals surface area contributed by atoms with E-state index in [2.05, 4.69) is 10.6 Å². The number of phenols is 2. The van der Waals surface area contributed by atoms with E-state index in [0.29, 0.717) is 18.7 Å². The Morgan fingerprint density at radius 1 is 1.30 bits per heavy atom. The predicted molar refractivity (Wildman–Crippen MR) is 69.4 cm³/mol. The molecule has 1 amide bonds. The van der Waals surface area contributed by atoms with Crippen LogP contribution in [0, 0.1) is 5.92 Å². The van der Waals surface area contributed by atoms with Gasteiger partial charge in [-0.25, -0.2) is 4.79 Å². The molecule has 0 unspecified atom stereocenters. The van der Waals surface area contributed by atoms with E-state index in [9.17, 15) is 19.8 Å². The van der Waals surface area contributed by atoms with Gasteiger partial charge in [-0.2, -0.15) is 0 Å². The lowest BCUT2D eigenvalue weighted by Crippen LogP contribution is -2.54. The molecule has 0 bridgehead atoms. The van der Waals surface area contributed by atoms with Crippen LogP contribution in [0.15, 0.2) is 18.2 Å². The van der Waals surface area contributed by atoms with Crippen molar-refractivity contribution in [1.82, 2.24) is 10.6 Å². The van der Waals surface area contributed by atoms with Crippen LogP contribution in [-0.2, 0) is 16.0 Å². The van der Waals surface area contributed by atoms with E-state index in [1.165, 1.54) is 18.2 Å². The summed E-state index contributed by atoms with van der Waals surface area (Å²) in [5, 5.41) is 33.1. The van der Waals surface area contributed by atoms with E-state index in [1.54, 1.807) is 0 Å². The van der Waals surface area contributed by atoms with Crippen molar-refractivity contribution >= 4 is 11.9 Å². The molecule has 0 aromatic heterocycles. The van der Waals surface area contributed by atoms with Gasteiger partial charge in [0.2, 0.25) is 5.91 Å². The second-order valence-corrected chi connectivity index (χ2v) is 4.78. The zero-order chi connectivity index (χ0) is 14.7. The molecule has 1 heterocycles. The van der Waals surface area contributed by atoms with E-state index >= 15 is 0 Å². The topological polar surface area (TPSA) is 119 Å². The first-order valence-electron chi connectivity index (χ1n) is 6.22. The van der Waals surface area contributed by atoms with Crippen molar-refractivity contribution in [3.8, 4) is 11.5 Å². The van der Waals surface area contributed by atoms with E-state index in [4.69, 9.17) is 5.11 Å². The Hall–Kier alpha value is -2.28. The van der Waals surface area contributed by atoms with Gasteiger partial charge in [0.15, 0.2) is 11.5 Å². The van der Waals surface area contributed by atoms with Crippen LogP contribution in [0.5, 0.6) is 11.5 Å². The van der Waals surface area contributed by atoms with Crippen LogP contribution >= 0.6 is 0 Å². The predicted octanol–water partition coefficient (Wildman–Crippen LogP) is -0.571. The molecule has 20 heavy (non-hydrogen) atoms. The summed E-state index contributed by atoms with van der Waals surface area (Å²) < 4.78 is 0.